The van der Waals surface area contributed by atoms with Crippen molar-refractivity contribution in [2.24, 2.45) is 11.7 Å². The van der Waals surface area contributed by atoms with Crippen molar-refractivity contribution in [3.8, 4) is 0 Å². The minimum absolute atomic E-state index is 0.269. The maximum atomic E-state index is 6.19. The molecule has 1 aromatic heterocycles. The fraction of sp³-hybridized carbons (Fsp3) is 0.400. The van der Waals surface area contributed by atoms with E-state index in [9.17, 15) is 0 Å². The Hall–Kier alpha value is -1.61. The first kappa shape index (κ1) is 11.5. The lowest BCUT2D eigenvalue weighted by Gasteiger charge is -2.37. The summed E-state index contributed by atoms with van der Waals surface area (Å²) in [4.78, 5) is 6.81. The molecule has 94 valence electrons. The SMILES string of the molecule is CC1CCN(c2ccnc3ccccc23)CC1N. The molecule has 0 saturated carbocycles. The lowest BCUT2D eigenvalue weighted by atomic mass is 9.93. The number of pyridine rings is 1. The Morgan fingerprint density at radius 3 is 2.94 bits per heavy atom. The number of anilines is 1. The van der Waals surface area contributed by atoms with Crippen LogP contribution in [-0.4, -0.2) is 24.1 Å². The summed E-state index contributed by atoms with van der Waals surface area (Å²) in [5, 5.41) is 1.22. The molecule has 1 fully saturated rings. The van der Waals surface area contributed by atoms with E-state index in [4.69, 9.17) is 5.73 Å². The summed E-state index contributed by atoms with van der Waals surface area (Å²) < 4.78 is 0. The van der Waals surface area contributed by atoms with E-state index in [1.165, 1.54) is 11.1 Å². The van der Waals surface area contributed by atoms with Crippen LogP contribution in [0.3, 0.4) is 0 Å². The molecule has 3 nitrogen and oxygen atoms in total. The molecule has 1 saturated heterocycles. The van der Waals surface area contributed by atoms with Gasteiger partial charge >= 0.3 is 0 Å². The minimum Gasteiger partial charge on any atom is -0.369 e. The number of nitrogens with zero attached hydrogens (tertiary/aromatic N) is 2. The van der Waals surface area contributed by atoms with Crippen LogP contribution in [0.2, 0.25) is 0 Å². The van der Waals surface area contributed by atoms with Crippen LogP contribution >= 0.6 is 0 Å². The zero-order valence-electron chi connectivity index (χ0n) is 10.7. The lowest BCUT2D eigenvalue weighted by molar-refractivity contribution is 0.380. The molecule has 2 unspecified atom stereocenters. The van der Waals surface area contributed by atoms with Gasteiger partial charge in [-0.05, 0) is 24.5 Å². The van der Waals surface area contributed by atoms with Gasteiger partial charge in [-0.2, -0.15) is 0 Å². The minimum atomic E-state index is 0.269. The average molecular weight is 241 g/mol. The van der Waals surface area contributed by atoms with Gasteiger partial charge in [-0.3, -0.25) is 4.98 Å². The molecule has 2 heterocycles. The van der Waals surface area contributed by atoms with E-state index in [-0.39, 0.29) is 6.04 Å². The van der Waals surface area contributed by atoms with Gasteiger partial charge in [0.25, 0.3) is 0 Å². The summed E-state index contributed by atoms with van der Waals surface area (Å²) in [6.07, 6.45) is 3.05. The molecule has 2 aromatic rings. The number of fused-ring (bicyclic) bond motifs is 1. The van der Waals surface area contributed by atoms with E-state index in [0.29, 0.717) is 5.92 Å². The number of rotatable bonds is 1. The van der Waals surface area contributed by atoms with Gasteiger partial charge in [0.2, 0.25) is 0 Å². The molecule has 0 aliphatic carbocycles. The standard InChI is InChI=1S/C15H19N3/c1-11-7-9-18(10-13(11)16)15-6-8-17-14-5-3-2-4-12(14)15/h2-6,8,11,13H,7,9-10,16H2,1H3. The second-order valence-electron chi connectivity index (χ2n) is 5.22. The van der Waals surface area contributed by atoms with Crippen LogP contribution in [0.4, 0.5) is 5.69 Å². The maximum absolute atomic E-state index is 6.19. The number of benzene rings is 1. The maximum Gasteiger partial charge on any atom is 0.0722 e. The molecule has 1 aliphatic rings. The number of aromatic nitrogens is 1. The second kappa shape index (κ2) is 4.58. The first-order valence-corrected chi connectivity index (χ1v) is 6.60. The third kappa shape index (κ3) is 1.95. The van der Waals surface area contributed by atoms with Crippen molar-refractivity contribution in [2.45, 2.75) is 19.4 Å². The third-order valence-electron chi connectivity index (χ3n) is 3.98. The summed E-state index contributed by atoms with van der Waals surface area (Å²) in [7, 11) is 0. The van der Waals surface area contributed by atoms with Crippen molar-refractivity contribution in [3.05, 3.63) is 36.5 Å². The highest BCUT2D eigenvalue weighted by molar-refractivity contribution is 5.91. The fourth-order valence-corrected chi connectivity index (χ4v) is 2.67. The molecule has 0 spiro atoms. The molecule has 1 aromatic carbocycles. The van der Waals surface area contributed by atoms with Crippen molar-refractivity contribution in [1.29, 1.82) is 0 Å². The van der Waals surface area contributed by atoms with Gasteiger partial charge in [-0.15, -0.1) is 0 Å². The molecule has 0 radical (unpaired) electrons. The Kier molecular flexibility index (Phi) is 2.92. The number of hydrogen-bond acceptors (Lipinski definition) is 3. The predicted octanol–water partition coefficient (Wildman–Crippen LogP) is 2.41. The Morgan fingerprint density at radius 1 is 1.28 bits per heavy atom. The monoisotopic (exact) mass is 241 g/mol. The molecule has 1 aliphatic heterocycles. The van der Waals surface area contributed by atoms with Gasteiger partial charge in [0.05, 0.1) is 5.52 Å². The number of piperidine rings is 1. The quantitative estimate of drug-likeness (QED) is 0.833. The van der Waals surface area contributed by atoms with Gasteiger partial charge < -0.3 is 10.6 Å². The number of hydrogen-bond donors (Lipinski definition) is 1. The first-order chi connectivity index (χ1) is 8.75. The van der Waals surface area contributed by atoms with Crippen LogP contribution in [0.25, 0.3) is 10.9 Å². The molecular formula is C15H19N3. The van der Waals surface area contributed by atoms with Crippen LogP contribution in [0, 0.1) is 5.92 Å². The molecule has 0 amide bonds. The summed E-state index contributed by atoms with van der Waals surface area (Å²) in [5.41, 5.74) is 8.52. The summed E-state index contributed by atoms with van der Waals surface area (Å²) in [6, 6.07) is 10.7. The Morgan fingerprint density at radius 2 is 2.11 bits per heavy atom. The average Bonchev–Trinajstić information content (AvgIpc) is 2.41. The highest BCUT2D eigenvalue weighted by atomic mass is 15.2. The van der Waals surface area contributed by atoms with Gasteiger partial charge in [0, 0.05) is 36.4 Å². The zero-order chi connectivity index (χ0) is 12.5. The normalized spacial score (nSPS) is 24.4. The molecule has 2 atom stereocenters. The van der Waals surface area contributed by atoms with Crippen LogP contribution < -0.4 is 10.6 Å². The number of nitrogens with two attached hydrogens (primary N) is 1. The van der Waals surface area contributed by atoms with Crippen molar-refractivity contribution in [2.75, 3.05) is 18.0 Å². The van der Waals surface area contributed by atoms with Gasteiger partial charge in [0.1, 0.15) is 0 Å². The molecule has 3 heteroatoms. The van der Waals surface area contributed by atoms with Crippen molar-refractivity contribution >= 4 is 16.6 Å². The third-order valence-corrected chi connectivity index (χ3v) is 3.98. The summed E-state index contributed by atoms with van der Waals surface area (Å²) >= 11 is 0. The smallest absolute Gasteiger partial charge is 0.0722 e. The van der Waals surface area contributed by atoms with Crippen LogP contribution in [0.15, 0.2) is 36.5 Å². The molecular weight excluding hydrogens is 222 g/mol. The lowest BCUT2D eigenvalue weighted by Crippen LogP contribution is -2.47. The van der Waals surface area contributed by atoms with E-state index >= 15 is 0 Å². The van der Waals surface area contributed by atoms with Crippen molar-refractivity contribution in [3.63, 3.8) is 0 Å². The van der Waals surface area contributed by atoms with E-state index in [1.807, 2.05) is 12.3 Å². The van der Waals surface area contributed by atoms with E-state index in [1.54, 1.807) is 0 Å². The van der Waals surface area contributed by atoms with E-state index < -0.39 is 0 Å². The Labute approximate surface area is 108 Å². The Balaban J connectivity index is 1.99. The summed E-state index contributed by atoms with van der Waals surface area (Å²) in [5.74, 6) is 0.620. The molecule has 3 rings (SSSR count). The fourth-order valence-electron chi connectivity index (χ4n) is 2.67. The number of para-hydroxylation sites is 1. The largest absolute Gasteiger partial charge is 0.369 e. The van der Waals surface area contributed by atoms with Crippen molar-refractivity contribution in [1.82, 2.24) is 4.98 Å². The highest BCUT2D eigenvalue weighted by Crippen LogP contribution is 2.28. The predicted molar refractivity (Wildman–Crippen MR) is 75.7 cm³/mol. The van der Waals surface area contributed by atoms with E-state index in [0.717, 1.165) is 25.0 Å². The molecule has 2 N–H and O–H groups in total. The van der Waals surface area contributed by atoms with Crippen LogP contribution in [0.1, 0.15) is 13.3 Å². The molecule has 0 bridgehead atoms. The first-order valence-electron chi connectivity index (χ1n) is 6.60. The van der Waals surface area contributed by atoms with Gasteiger partial charge in [-0.25, -0.2) is 0 Å². The highest BCUT2D eigenvalue weighted by Gasteiger charge is 2.24. The zero-order valence-corrected chi connectivity index (χ0v) is 10.7. The Bertz CT molecular complexity index is 547. The molecule has 18 heavy (non-hydrogen) atoms. The van der Waals surface area contributed by atoms with Gasteiger partial charge in [-0.1, -0.05) is 25.1 Å². The van der Waals surface area contributed by atoms with Crippen LogP contribution in [-0.2, 0) is 0 Å². The second-order valence-corrected chi connectivity index (χ2v) is 5.22. The van der Waals surface area contributed by atoms with Gasteiger partial charge in [0.15, 0.2) is 0 Å². The van der Waals surface area contributed by atoms with Crippen molar-refractivity contribution < 1.29 is 0 Å². The summed E-state index contributed by atoms with van der Waals surface area (Å²) in [6.45, 7) is 4.27. The topological polar surface area (TPSA) is 42.2 Å². The van der Waals surface area contributed by atoms with Crippen LogP contribution in [0.5, 0.6) is 0 Å². The van der Waals surface area contributed by atoms with E-state index in [2.05, 4.69) is 41.1 Å².